The average molecular weight is 663 g/mol. The normalized spacial score (nSPS) is 15.3. The van der Waals surface area contributed by atoms with Crippen LogP contribution in [0, 0.1) is 0 Å². The number of aromatic nitrogens is 9. The Morgan fingerprint density at radius 2 is 1.83 bits per heavy atom. The Balaban J connectivity index is 1.06. The Morgan fingerprint density at radius 3 is 2.65 bits per heavy atom. The largest absolute Gasteiger partial charge is 0.342 e. The summed E-state index contributed by atoms with van der Waals surface area (Å²) >= 11 is 1.40. The molecule has 0 saturated heterocycles. The number of nitrogens with zero attached hydrogens (tertiary/aromatic N) is 9. The molecule has 2 aromatic carbocycles. The minimum Gasteiger partial charge on any atom is -0.342 e. The van der Waals surface area contributed by atoms with Crippen molar-refractivity contribution in [3.63, 3.8) is 0 Å². The summed E-state index contributed by atoms with van der Waals surface area (Å²) in [6.45, 7) is 4.56. The van der Waals surface area contributed by atoms with Gasteiger partial charge < -0.3 is 9.84 Å². The minimum absolute atomic E-state index is 0.0975. The Kier molecular flexibility index (Phi) is 9.28. The Morgan fingerprint density at radius 1 is 1.00 bits per heavy atom. The lowest BCUT2D eigenvalue weighted by molar-refractivity contribution is -0.121. The van der Waals surface area contributed by atoms with Crippen molar-refractivity contribution in [3.8, 4) is 22.6 Å². The van der Waals surface area contributed by atoms with Crippen LogP contribution in [0.1, 0.15) is 76.6 Å². The molecule has 0 bridgehead atoms. The van der Waals surface area contributed by atoms with Crippen molar-refractivity contribution in [1.29, 1.82) is 0 Å². The van der Waals surface area contributed by atoms with E-state index in [4.69, 9.17) is 9.51 Å². The van der Waals surface area contributed by atoms with E-state index in [1.165, 1.54) is 11.8 Å². The number of amides is 1. The quantitative estimate of drug-likeness (QED) is 0.119. The Bertz CT molecular complexity index is 1990. The van der Waals surface area contributed by atoms with Crippen molar-refractivity contribution in [2.75, 3.05) is 5.75 Å². The number of fused-ring (bicyclic) bond motifs is 1. The second-order valence-corrected chi connectivity index (χ2v) is 13.3. The SMILES string of the molecule is CCC(C)n1c(SCC(=O)NC2(c3noc(Cn4cc(-c5ccc6ncccc6c5)nn4)n3)CCCCCC2)nnc1-c1ccccc1. The molecule has 1 unspecified atom stereocenters. The van der Waals surface area contributed by atoms with E-state index in [-0.39, 0.29) is 24.2 Å². The highest BCUT2D eigenvalue weighted by atomic mass is 32.2. The summed E-state index contributed by atoms with van der Waals surface area (Å²) in [4.78, 5) is 22.8. The molecule has 1 aliphatic rings. The van der Waals surface area contributed by atoms with Crippen LogP contribution in [0.3, 0.4) is 0 Å². The van der Waals surface area contributed by atoms with Gasteiger partial charge in [0.25, 0.3) is 0 Å². The number of pyridine rings is 1. The highest BCUT2D eigenvalue weighted by molar-refractivity contribution is 7.99. The van der Waals surface area contributed by atoms with Gasteiger partial charge in [0.15, 0.2) is 16.8 Å². The van der Waals surface area contributed by atoms with Crippen LogP contribution in [0.5, 0.6) is 0 Å². The molecule has 12 nitrogen and oxygen atoms in total. The van der Waals surface area contributed by atoms with Crippen LogP contribution in [0.2, 0.25) is 0 Å². The summed E-state index contributed by atoms with van der Waals surface area (Å²) < 4.78 is 9.55. The summed E-state index contributed by atoms with van der Waals surface area (Å²) in [5, 5.41) is 27.2. The summed E-state index contributed by atoms with van der Waals surface area (Å²) in [5.41, 5.74) is 2.91. The first-order valence-electron chi connectivity index (χ1n) is 16.5. The number of thioether (sulfide) groups is 1. The number of hydrogen-bond donors (Lipinski definition) is 1. The summed E-state index contributed by atoms with van der Waals surface area (Å²) in [5.74, 6) is 1.82. The molecule has 4 heterocycles. The van der Waals surface area contributed by atoms with Gasteiger partial charge in [-0.3, -0.25) is 14.3 Å². The molecule has 6 aromatic rings. The van der Waals surface area contributed by atoms with Gasteiger partial charge in [-0.15, -0.1) is 15.3 Å². The maximum atomic E-state index is 13.6. The number of nitrogens with one attached hydrogen (secondary N) is 1. The maximum Gasteiger partial charge on any atom is 0.248 e. The predicted molar refractivity (Wildman–Crippen MR) is 183 cm³/mol. The molecule has 7 rings (SSSR count). The van der Waals surface area contributed by atoms with E-state index in [1.807, 2.05) is 60.8 Å². The molecule has 1 saturated carbocycles. The van der Waals surface area contributed by atoms with Crippen LogP contribution in [0.4, 0.5) is 0 Å². The van der Waals surface area contributed by atoms with E-state index in [0.717, 1.165) is 83.7 Å². The van der Waals surface area contributed by atoms with Crippen LogP contribution in [-0.2, 0) is 16.9 Å². The van der Waals surface area contributed by atoms with Crippen molar-refractivity contribution in [1.82, 2.24) is 50.2 Å². The highest BCUT2D eigenvalue weighted by Crippen LogP contribution is 2.35. The fourth-order valence-corrected chi connectivity index (χ4v) is 7.14. The van der Waals surface area contributed by atoms with Gasteiger partial charge in [0.1, 0.15) is 17.8 Å². The highest BCUT2D eigenvalue weighted by Gasteiger charge is 2.39. The van der Waals surface area contributed by atoms with E-state index < -0.39 is 5.54 Å². The van der Waals surface area contributed by atoms with E-state index >= 15 is 0 Å². The Labute approximate surface area is 282 Å². The van der Waals surface area contributed by atoms with Crippen molar-refractivity contribution in [3.05, 3.63) is 84.8 Å². The molecule has 246 valence electrons. The fourth-order valence-electron chi connectivity index (χ4n) is 6.30. The molecule has 1 aliphatic carbocycles. The van der Waals surface area contributed by atoms with Gasteiger partial charge in [0.05, 0.1) is 17.5 Å². The first-order valence-corrected chi connectivity index (χ1v) is 17.5. The summed E-state index contributed by atoms with van der Waals surface area (Å²) in [6, 6.07) is 20.2. The molecule has 1 amide bonds. The molecule has 4 aromatic heterocycles. The molecule has 1 atom stereocenters. The first-order chi connectivity index (χ1) is 23.5. The van der Waals surface area contributed by atoms with Crippen molar-refractivity contribution in [2.45, 2.75) is 82.1 Å². The van der Waals surface area contributed by atoms with Crippen molar-refractivity contribution < 1.29 is 9.32 Å². The van der Waals surface area contributed by atoms with E-state index in [0.29, 0.717) is 11.7 Å². The van der Waals surface area contributed by atoms with E-state index in [1.54, 1.807) is 10.9 Å². The van der Waals surface area contributed by atoms with Gasteiger partial charge in [-0.1, -0.05) is 97.2 Å². The topological polar surface area (TPSA) is 142 Å². The molecule has 0 aliphatic heterocycles. The zero-order valence-corrected chi connectivity index (χ0v) is 27.9. The smallest absolute Gasteiger partial charge is 0.248 e. The molecule has 48 heavy (non-hydrogen) atoms. The van der Waals surface area contributed by atoms with Crippen LogP contribution >= 0.6 is 11.8 Å². The van der Waals surface area contributed by atoms with E-state index in [9.17, 15) is 4.79 Å². The van der Waals surface area contributed by atoms with Gasteiger partial charge in [0, 0.05) is 28.8 Å². The number of benzene rings is 2. The predicted octanol–water partition coefficient (Wildman–Crippen LogP) is 6.61. The van der Waals surface area contributed by atoms with Crippen molar-refractivity contribution in [2.24, 2.45) is 0 Å². The lowest BCUT2D eigenvalue weighted by Gasteiger charge is -2.30. The fraction of sp³-hybridized carbons (Fsp3) is 0.371. The number of rotatable bonds is 11. The second kappa shape index (κ2) is 14.1. The first kappa shape index (κ1) is 31.7. The number of hydrogen-bond acceptors (Lipinski definition) is 10. The number of carbonyl (C=O) groups is 1. The third kappa shape index (κ3) is 6.73. The van der Waals surface area contributed by atoms with Crippen molar-refractivity contribution >= 4 is 28.6 Å². The minimum atomic E-state index is -0.706. The molecule has 13 heteroatoms. The molecule has 1 fully saturated rings. The van der Waals surface area contributed by atoms with Crippen LogP contribution in [0.15, 0.2) is 82.7 Å². The van der Waals surface area contributed by atoms with Crippen LogP contribution in [0.25, 0.3) is 33.5 Å². The van der Waals surface area contributed by atoms with Crippen LogP contribution < -0.4 is 5.32 Å². The second-order valence-electron chi connectivity index (χ2n) is 12.4. The zero-order valence-electron chi connectivity index (χ0n) is 27.1. The van der Waals surface area contributed by atoms with Gasteiger partial charge in [0.2, 0.25) is 11.8 Å². The molecule has 1 N–H and O–H groups in total. The van der Waals surface area contributed by atoms with Gasteiger partial charge in [-0.2, -0.15) is 4.98 Å². The lowest BCUT2D eigenvalue weighted by atomic mass is 9.89. The molecule has 0 spiro atoms. The maximum absolute atomic E-state index is 13.6. The number of carbonyl (C=O) groups excluding carboxylic acids is 1. The Hall–Kier alpha value is -4.91. The standard InChI is InChI=1S/C35H38N10O2S/c1-3-24(2)45-32(25-12-7-6-8-13-25)40-41-34(45)48-23-30(46)38-35(17-9-4-5-10-18-35)33-37-31(47-42-33)22-44-21-29(39-43-44)27-15-16-28-26(20-27)14-11-19-36-28/h6-8,11-16,19-21,24H,3-5,9-10,17-18,22-23H2,1-2H3,(H,38,46). The average Bonchev–Trinajstić information content (AvgIpc) is 3.86. The van der Waals surface area contributed by atoms with Gasteiger partial charge in [-0.25, -0.2) is 4.68 Å². The molecular formula is C35H38N10O2S. The molecular weight excluding hydrogens is 625 g/mol. The third-order valence-corrected chi connectivity index (χ3v) is 9.97. The zero-order chi connectivity index (χ0) is 32.9. The van der Waals surface area contributed by atoms with Crippen LogP contribution in [-0.4, -0.2) is 56.5 Å². The van der Waals surface area contributed by atoms with Gasteiger partial charge >= 0.3 is 0 Å². The van der Waals surface area contributed by atoms with Gasteiger partial charge in [-0.05, 0) is 44.4 Å². The third-order valence-electron chi connectivity index (χ3n) is 9.03. The summed E-state index contributed by atoms with van der Waals surface area (Å²) in [7, 11) is 0. The monoisotopic (exact) mass is 662 g/mol. The molecule has 0 radical (unpaired) electrons. The summed E-state index contributed by atoms with van der Waals surface area (Å²) in [6.07, 6.45) is 10.2. The van der Waals surface area contributed by atoms with E-state index in [2.05, 4.69) is 60.4 Å². The lowest BCUT2D eigenvalue weighted by Crippen LogP contribution is -2.47.